The molecule has 0 radical (unpaired) electrons. The molecular weight excluding hydrogens is 703 g/mol. The molecule has 58 heavy (non-hydrogen) atoms. The second-order valence-corrected chi connectivity index (χ2v) is 14.8. The van der Waals surface area contributed by atoms with Gasteiger partial charge in [0, 0.05) is 27.7 Å². The van der Waals surface area contributed by atoms with Crippen LogP contribution in [-0.4, -0.2) is 0 Å². The van der Waals surface area contributed by atoms with Crippen molar-refractivity contribution in [3.63, 3.8) is 0 Å². The largest absolute Gasteiger partial charge is 0.453 e. The first kappa shape index (κ1) is 33.6. The third-order valence-electron chi connectivity index (χ3n) is 11.5. The smallest absolute Gasteiger partial charge is 0.160 e. The minimum atomic E-state index is 0.844. The predicted octanol–water partition coefficient (Wildman–Crippen LogP) is 16.0. The van der Waals surface area contributed by atoms with Gasteiger partial charge in [-0.2, -0.15) is 0 Å². The van der Waals surface area contributed by atoms with Gasteiger partial charge in [-0.05, 0) is 90.8 Å². The highest BCUT2D eigenvalue weighted by atomic mass is 16.3. The van der Waals surface area contributed by atoms with Crippen LogP contribution in [0, 0.1) is 0 Å². The first-order valence-corrected chi connectivity index (χ1v) is 19.8. The van der Waals surface area contributed by atoms with Crippen LogP contribution in [0.2, 0.25) is 0 Å². The van der Waals surface area contributed by atoms with Crippen LogP contribution >= 0.6 is 0 Å². The number of hydrogen-bond donors (Lipinski definition) is 0. The van der Waals surface area contributed by atoms with E-state index in [0.717, 1.165) is 61.3 Å². The van der Waals surface area contributed by atoms with Gasteiger partial charge in [0.1, 0.15) is 5.58 Å². The molecule has 0 fully saturated rings. The fourth-order valence-electron chi connectivity index (χ4n) is 8.73. The van der Waals surface area contributed by atoms with Crippen LogP contribution in [0.1, 0.15) is 0 Å². The summed E-state index contributed by atoms with van der Waals surface area (Å²) in [6, 6.07) is 80.4. The van der Waals surface area contributed by atoms with E-state index in [0.29, 0.717) is 0 Å². The molecule has 11 aromatic rings. The van der Waals surface area contributed by atoms with E-state index in [1.807, 2.05) is 0 Å². The third-order valence-corrected chi connectivity index (χ3v) is 11.5. The zero-order valence-electron chi connectivity index (χ0n) is 31.7. The van der Waals surface area contributed by atoms with Gasteiger partial charge in [-0.25, -0.2) is 0 Å². The summed E-state index contributed by atoms with van der Waals surface area (Å²) in [6.07, 6.45) is 0. The maximum atomic E-state index is 7.20. The maximum absolute atomic E-state index is 7.20. The van der Waals surface area contributed by atoms with E-state index in [1.54, 1.807) is 0 Å². The zero-order chi connectivity index (χ0) is 38.4. The van der Waals surface area contributed by atoms with Crippen molar-refractivity contribution in [2.45, 2.75) is 0 Å². The first-order valence-electron chi connectivity index (χ1n) is 19.8. The van der Waals surface area contributed by atoms with Crippen LogP contribution in [0.3, 0.4) is 0 Å². The Morgan fingerprint density at radius 3 is 1.28 bits per heavy atom. The molecule has 2 nitrogen and oxygen atoms in total. The molecule has 0 spiro atoms. The van der Waals surface area contributed by atoms with Crippen molar-refractivity contribution in [2.75, 3.05) is 4.90 Å². The molecule has 0 atom stereocenters. The van der Waals surface area contributed by atoms with E-state index < -0.39 is 0 Å². The Hall–Kier alpha value is -7.68. The highest BCUT2D eigenvalue weighted by Crippen LogP contribution is 2.48. The number of rotatable bonds is 7. The molecule has 0 bridgehead atoms. The lowest BCUT2D eigenvalue weighted by molar-refractivity contribution is 0.670. The molecule has 0 N–H and O–H groups in total. The van der Waals surface area contributed by atoms with Gasteiger partial charge in [0.15, 0.2) is 5.58 Å². The van der Waals surface area contributed by atoms with Crippen molar-refractivity contribution in [1.29, 1.82) is 0 Å². The fourth-order valence-corrected chi connectivity index (χ4v) is 8.73. The molecule has 2 heteroatoms. The van der Waals surface area contributed by atoms with Crippen molar-refractivity contribution >= 4 is 60.5 Å². The van der Waals surface area contributed by atoms with Crippen LogP contribution < -0.4 is 4.90 Å². The first-order chi connectivity index (χ1) is 28.8. The number of para-hydroxylation sites is 1. The Labute approximate surface area is 337 Å². The van der Waals surface area contributed by atoms with Crippen molar-refractivity contribution < 1.29 is 4.42 Å². The zero-order valence-corrected chi connectivity index (χ0v) is 31.7. The van der Waals surface area contributed by atoms with Crippen LogP contribution in [-0.2, 0) is 0 Å². The van der Waals surface area contributed by atoms with Crippen LogP contribution in [0.5, 0.6) is 0 Å². The normalized spacial score (nSPS) is 11.4. The van der Waals surface area contributed by atoms with E-state index >= 15 is 0 Å². The Kier molecular flexibility index (Phi) is 8.19. The number of furan rings is 1. The maximum Gasteiger partial charge on any atom is 0.160 e. The van der Waals surface area contributed by atoms with Crippen LogP contribution in [0.15, 0.2) is 229 Å². The minimum absolute atomic E-state index is 0.844. The molecule has 0 aliphatic rings. The van der Waals surface area contributed by atoms with Gasteiger partial charge in [0.05, 0.1) is 5.69 Å². The third kappa shape index (κ3) is 5.74. The Bertz CT molecular complexity index is 3120. The van der Waals surface area contributed by atoms with Crippen LogP contribution in [0.4, 0.5) is 17.1 Å². The SMILES string of the molecule is c1ccc(-c2cccc3c2oc2c(N(c4ccc(-c5cccc6ccccc56)cc4)c4ccc(-c5cccc6ccccc56)cc4)ccc(-c4ccccc4)c23)cc1. The van der Waals surface area contributed by atoms with Gasteiger partial charge in [-0.3, -0.25) is 0 Å². The standard InChI is InChI=1S/C56H37NO/c1-3-14-40(15-4-1)50-36-37-53(56-54(50)52-27-13-26-51(55(52)58-56)41-16-5-2-6-17-41)57(44-32-28-42(29-33-44)48-24-11-20-38-18-7-9-22-46(38)48)45-34-30-43(31-35-45)49-25-12-21-39-19-8-10-23-47(39)49/h1-37H. The van der Waals surface area contributed by atoms with Crippen molar-refractivity contribution in [2.24, 2.45) is 0 Å². The lowest BCUT2D eigenvalue weighted by Gasteiger charge is -2.26. The average Bonchev–Trinajstić information content (AvgIpc) is 3.70. The minimum Gasteiger partial charge on any atom is -0.453 e. The Morgan fingerprint density at radius 1 is 0.276 bits per heavy atom. The van der Waals surface area contributed by atoms with Crippen molar-refractivity contribution in [3.05, 3.63) is 224 Å². The molecule has 1 aromatic heterocycles. The summed E-state index contributed by atoms with van der Waals surface area (Å²) in [5.74, 6) is 0. The molecule has 0 aliphatic carbocycles. The molecule has 11 rings (SSSR count). The summed E-state index contributed by atoms with van der Waals surface area (Å²) in [6.45, 7) is 0. The predicted molar refractivity (Wildman–Crippen MR) is 245 cm³/mol. The Balaban J connectivity index is 1.14. The second-order valence-electron chi connectivity index (χ2n) is 14.8. The molecule has 10 aromatic carbocycles. The second kappa shape index (κ2) is 14.1. The van der Waals surface area contributed by atoms with Gasteiger partial charge < -0.3 is 9.32 Å². The molecule has 0 saturated carbocycles. The van der Waals surface area contributed by atoms with Gasteiger partial charge in [-0.15, -0.1) is 0 Å². The van der Waals surface area contributed by atoms with Crippen LogP contribution in [0.25, 0.3) is 88.0 Å². The van der Waals surface area contributed by atoms with E-state index in [1.165, 1.54) is 43.8 Å². The van der Waals surface area contributed by atoms with Gasteiger partial charge >= 0.3 is 0 Å². The van der Waals surface area contributed by atoms with E-state index in [4.69, 9.17) is 4.42 Å². The number of nitrogens with zero attached hydrogens (tertiary/aromatic N) is 1. The Morgan fingerprint density at radius 2 is 0.707 bits per heavy atom. The summed E-state index contributed by atoms with van der Waals surface area (Å²) in [7, 11) is 0. The van der Waals surface area contributed by atoms with E-state index in [-0.39, 0.29) is 0 Å². The molecule has 1 heterocycles. The number of fused-ring (bicyclic) bond motifs is 5. The molecule has 272 valence electrons. The molecule has 0 amide bonds. The molecule has 0 unspecified atom stereocenters. The highest BCUT2D eigenvalue weighted by Gasteiger charge is 2.24. The molecule has 0 saturated heterocycles. The summed E-state index contributed by atoms with van der Waals surface area (Å²) in [5, 5.41) is 7.15. The number of benzene rings is 10. The van der Waals surface area contributed by atoms with Gasteiger partial charge in [0.2, 0.25) is 0 Å². The average molecular weight is 740 g/mol. The summed E-state index contributed by atoms with van der Waals surface area (Å²) < 4.78 is 7.20. The summed E-state index contributed by atoms with van der Waals surface area (Å²) in [5.41, 5.74) is 14.1. The number of hydrogen-bond acceptors (Lipinski definition) is 2. The van der Waals surface area contributed by atoms with Crippen molar-refractivity contribution in [3.8, 4) is 44.5 Å². The quantitative estimate of drug-likeness (QED) is 0.162. The van der Waals surface area contributed by atoms with Gasteiger partial charge in [-0.1, -0.05) is 194 Å². The highest BCUT2D eigenvalue weighted by molar-refractivity contribution is 6.19. The lowest BCUT2D eigenvalue weighted by atomic mass is 9.96. The van der Waals surface area contributed by atoms with E-state index in [2.05, 4.69) is 229 Å². The monoisotopic (exact) mass is 739 g/mol. The van der Waals surface area contributed by atoms with E-state index in [9.17, 15) is 0 Å². The fraction of sp³-hybridized carbons (Fsp3) is 0. The number of anilines is 3. The van der Waals surface area contributed by atoms with Crippen molar-refractivity contribution in [1.82, 2.24) is 0 Å². The lowest BCUT2D eigenvalue weighted by Crippen LogP contribution is -2.10. The molecular formula is C56H37NO. The topological polar surface area (TPSA) is 16.4 Å². The van der Waals surface area contributed by atoms with Gasteiger partial charge in [0.25, 0.3) is 0 Å². The summed E-state index contributed by atoms with van der Waals surface area (Å²) in [4.78, 5) is 2.35. The summed E-state index contributed by atoms with van der Waals surface area (Å²) >= 11 is 0. The molecule has 0 aliphatic heterocycles.